The van der Waals surface area contributed by atoms with Gasteiger partial charge >= 0.3 is 5.97 Å². The van der Waals surface area contributed by atoms with Gasteiger partial charge in [-0.25, -0.2) is 0 Å². The Balaban J connectivity index is 0.000000266. The van der Waals surface area contributed by atoms with Gasteiger partial charge in [0.1, 0.15) is 5.75 Å². The number of aliphatic carboxylic acids is 1. The van der Waals surface area contributed by atoms with E-state index in [1.807, 2.05) is 26.0 Å². The van der Waals surface area contributed by atoms with Crippen LogP contribution in [0.4, 0.5) is 0 Å². The van der Waals surface area contributed by atoms with E-state index in [0.29, 0.717) is 6.10 Å². The number of carboxylic acids is 1. The summed E-state index contributed by atoms with van der Waals surface area (Å²) in [6.45, 7) is 11.8. The van der Waals surface area contributed by atoms with Gasteiger partial charge in [0.05, 0.1) is 12.0 Å². The first-order valence-corrected chi connectivity index (χ1v) is 13.2. The van der Waals surface area contributed by atoms with Crippen LogP contribution in [0.15, 0.2) is 36.4 Å². The molecule has 0 aromatic heterocycles. The molecule has 5 nitrogen and oxygen atoms in total. The molecule has 0 atom stereocenters. The van der Waals surface area contributed by atoms with E-state index < -0.39 is 5.97 Å². The minimum absolute atomic E-state index is 0.180. The summed E-state index contributed by atoms with van der Waals surface area (Å²) >= 11 is 0. The van der Waals surface area contributed by atoms with Crippen molar-refractivity contribution in [2.24, 2.45) is 11.8 Å². The van der Waals surface area contributed by atoms with Crippen molar-refractivity contribution in [3.8, 4) is 5.75 Å². The number of likely N-dealkylation sites (tertiary alicyclic amines) is 1. The number of piperidine rings is 1. The topological polar surface area (TPSA) is 70.0 Å². The van der Waals surface area contributed by atoms with Crippen molar-refractivity contribution in [3.05, 3.63) is 42.0 Å². The Kier molecular flexibility index (Phi) is 12.4. The third kappa shape index (κ3) is 9.63. The lowest BCUT2D eigenvalue weighted by molar-refractivity contribution is -0.143. The maximum atomic E-state index is 11.0. The summed E-state index contributed by atoms with van der Waals surface area (Å²) in [7, 11) is 0. The minimum atomic E-state index is -0.667. The highest BCUT2D eigenvalue weighted by Gasteiger charge is 2.24. The fraction of sp³-hybridized carbons (Fsp3) is 0.621. The standard InChI is InChI=1S/C17H19NO3.C10H20O.C2H6/c19-16-4-3-14-9-12(1-2-15(14)10-16)11-18-7-5-13(6-8-18)17(20)21;1-9(2)11-8-10-6-4-3-5-7-10;1-2/h1-4,9-10,13,19H,5-8,11H2,(H,20,21);9-10H,3-8H2,1-2H3;1-2H3. The molecule has 1 aliphatic heterocycles. The van der Waals surface area contributed by atoms with Crippen molar-refractivity contribution in [2.45, 2.75) is 85.3 Å². The molecule has 2 N–H and O–H groups in total. The molecule has 2 fully saturated rings. The lowest BCUT2D eigenvalue weighted by Crippen LogP contribution is -2.35. The number of hydrogen-bond donors (Lipinski definition) is 2. The highest BCUT2D eigenvalue weighted by molar-refractivity contribution is 5.84. The molecule has 0 bridgehead atoms. The SMILES string of the molecule is CC.CC(C)OCC1CCCCC1.O=C(O)C1CCN(Cc2ccc3cc(O)ccc3c2)CC1. The molecule has 1 aliphatic carbocycles. The molecule has 1 saturated carbocycles. The molecular formula is C29H45NO4. The Bertz CT molecular complexity index is 852. The first-order valence-electron chi connectivity index (χ1n) is 13.2. The second-order valence-electron chi connectivity index (χ2n) is 9.64. The van der Waals surface area contributed by atoms with Gasteiger partial charge in [0.15, 0.2) is 0 Å². The zero-order valence-electron chi connectivity index (χ0n) is 21.6. The van der Waals surface area contributed by atoms with Crippen molar-refractivity contribution in [1.29, 1.82) is 0 Å². The molecule has 0 spiro atoms. The van der Waals surface area contributed by atoms with Gasteiger partial charge in [0.2, 0.25) is 0 Å². The predicted octanol–water partition coefficient (Wildman–Crippen LogP) is 6.86. The van der Waals surface area contributed by atoms with E-state index in [2.05, 4.69) is 30.9 Å². The molecule has 2 aromatic carbocycles. The number of phenolic OH excluding ortho intramolecular Hbond substituents is 1. The predicted molar refractivity (Wildman–Crippen MR) is 140 cm³/mol. The summed E-state index contributed by atoms with van der Waals surface area (Å²) < 4.78 is 5.58. The van der Waals surface area contributed by atoms with E-state index in [0.717, 1.165) is 55.8 Å². The fourth-order valence-electron chi connectivity index (χ4n) is 4.66. The van der Waals surface area contributed by atoms with Crippen LogP contribution < -0.4 is 0 Å². The van der Waals surface area contributed by atoms with Crippen molar-refractivity contribution < 1.29 is 19.7 Å². The molecule has 5 heteroatoms. The number of aromatic hydroxyl groups is 1. The summed E-state index contributed by atoms with van der Waals surface area (Å²) in [6, 6.07) is 11.6. The van der Waals surface area contributed by atoms with Crippen LogP contribution in [0.1, 0.15) is 78.2 Å². The van der Waals surface area contributed by atoms with Crippen molar-refractivity contribution in [1.82, 2.24) is 4.90 Å². The molecule has 34 heavy (non-hydrogen) atoms. The van der Waals surface area contributed by atoms with Crippen LogP contribution in [0.3, 0.4) is 0 Å². The monoisotopic (exact) mass is 471 g/mol. The molecule has 0 radical (unpaired) electrons. The number of carboxylic acid groups (broad SMARTS) is 1. The molecule has 4 rings (SSSR count). The highest BCUT2D eigenvalue weighted by Crippen LogP contribution is 2.25. The zero-order chi connectivity index (χ0) is 24.9. The van der Waals surface area contributed by atoms with Crippen LogP contribution in [0.25, 0.3) is 10.8 Å². The average Bonchev–Trinajstić information content (AvgIpc) is 2.85. The second kappa shape index (κ2) is 15.0. The van der Waals surface area contributed by atoms with Gasteiger partial charge in [-0.2, -0.15) is 0 Å². The van der Waals surface area contributed by atoms with Crippen LogP contribution in [0, 0.1) is 11.8 Å². The first kappa shape index (κ1) is 28.1. The quantitative estimate of drug-likeness (QED) is 0.481. The van der Waals surface area contributed by atoms with Gasteiger partial charge in [-0.1, -0.05) is 51.3 Å². The summed E-state index contributed by atoms with van der Waals surface area (Å²) in [5.74, 6) is 0.304. The summed E-state index contributed by atoms with van der Waals surface area (Å²) in [4.78, 5) is 13.3. The van der Waals surface area contributed by atoms with Crippen LogP contribution in [-0.4, -0.2) is 46.9 Å². The number of ether oxygens (including phenoxy) is 1. The summed E-state index contributed by atoms with van der Waals surface area (Å²) in [5, 5.41) is 20.6. The van der Waals surface area contributed by atoms with E-state index >= 15 is 0 Å². The molecule has 1 heterocycles. The highest BCUT2D eigenvalue weighted by atomic mass is 16.5. The fourth-order valence-corrected chi connectivity index (χ4v) is 4.66. The van der Waals surface area contributed by atoms with Crippen LogP contribution >= 0.6 is 0 Å². The molecule has 1 saturated heterocycles. The van der Waals surface area contributed by atoms with Crippen molar-refractivity contribution in [2.75, 3.05) is 19.7 Å². The molecular weight excluding hydrogens is 426 g/mol. The second-order valence-corrected chi connectivity index (χ2v) is 9.64. The Morgan fingerprint density at radius 1 is 0.971 bits per heavy atom. The normalized spacial score (nSPS) is 17.6. The molecule has 0 unspecified atom stereocenters. The van der Waals surface area contributed by atoms with Gasteiger partial charge in [0.25, 0.3) is 0 Å². The first-order chi connectivity index (χ1) is 16.4. The number of carbonyl (C=O) groups is 1. The number of nitrogens with zero attached hydrogens (tertiary/aromatic N) is 1. The number of hydrogen-bond acceptors (Lipinski definition) is 4. The van der Waals surface area contributed by atoms with E-state index in [9.17, 15) is 9.90 Å². The van der Waals surface area contributed by atoms with E-state index in [1.54, 1.807) is 12.1 Å². The number of fused-ring (bicyclic) bond motifs is 1. The van der Waals surface area contributed by atoms with Gasteiger partial charge in [-0.05, 0) is 93.1 Å². The van der Waals surface area contributed by atoms with Crippen LogP contribution in [-0.2, 0) is 16.1 Å². The average molecular weight is 472 g/mol. The molecule has 190 valence electrons. The largest absolute Gasteiger partial charge is 0.508 e. The van der Waals surface area contributed by atoms with Gasteiger partial charge < -0.3 is 14.9 Å². The number of benzene rings is 2. The smallest absolute Gasteiger partial charge is 0.306 e. The van der Waals surface area contributed by atoms with E-state index in [1.165, 1.54) is 37.7 Å². The van der Waals surface area contributed by atoms with Crippen molar-refractivity contribution in [3.63, 3.8) is 0 Å². The Morgan fingerprint density at radius 2 is 1.59 bits per heavy atom. The zero-order valence-corrected chi connectivity index (χ0v) is 21.6. The Labute approximate surface area is 206 Å². The summed E-state index contributed by atoms with van der Waals surface area (Å²) in [6.07, 6.45) is 8.96. The lowest BCUT2D eigenvalue weighted by atomic mass is 9.90. The number of rotatable bonds is 6. The van der Waals surface area contributed by atoms with Gasteiger partial charge in [-0.3, -0.25) is 9.69 Å². The van der Waals surface area contributed by atoms with Crippen molar-refractivity contribution >= 4 is 16.7 Å². The van der Waals surface area contributed by atoms with Crippen LogP contribution in [0.2, 0.25) is 0 Å². The lowest BCUT2D eigenvalue weighted by Gasteiger charge is -2.30. The van der Waals surface area contributed by atoms with E-state index in [4.69, 9.17) is 9.84 Å². The number of phenols is 1. The Hall–Kier alpha value is -2.11. The van der Waals surface area contributed by atoms with Gasteiger partial charge in [0, 0.05) is 13.2 Å². The van der Waals surface area contributed by atoms with Crippen LogP contribution in [0.5, 0.6) is 5.75 Å². The summed E-state index contributed by atoms with van der Waals surface area (Å²) in [5.41, 5.74) is 1.22. The molecule has 2 aliphatic rings. The van der Waals surface area contributed by atoms with Gasteiger partial charge in [-0.15, -0.1) is 0 Å². The Morgan fingerprint density at radius 3 is 2.21 bits per heavy atom. The minimum Gasteiger partial charge on any atom is -0.508 e. The molecule has 2 aromatic rings. The third-order valence-corrected chi connectivity index (χ3v) is 6.62. The third-order valence-electron chi connectivity index (χ3n) is 6.62. The maximum Gasteiger partial charge on any atom is 0.306 e. The maximum absolute atomic E-state index is 11.0. The molecule has 0 amide bonds. The van der Waals surface area contributed by atoms with E-state index in [-0.39, 0.29) is 11.7 Å².